The number of carbonyl (C=O) groups excluding carboxylic acids is 2. The van der Waals surface area contributed by atoms with Crippen molar-refractivity contribution in [3.63, 3.8) is 0 Å². The van der Waals surface area contributed by atoms with Crippen LogP contribution in [0.5, 0.6) is 0 Å². The fraction of sp³-hybridized carbons (Fsp3) is 0.667. The molecule has 7 heteroatoms. The molecule has 7 nitrogen and oxygen atoms in total. The molecule has 22 heavy (non-hydrogen) atoms. The van der Waals surface area contributed by atoms with Crippen LogP contribution in [0, 0.1) is 13.8 Å². The fourth-order valence-electron chi connectivity index (χ4n) is 2.76. The van der Waals surface area contributed by atoms with E-state index in [0.29, 0.717) is 26.1 Å². The summed E-state index contributed by atoms with van der Waals surface area (Å²) in [6.07, 6.45) is 0.334. The molecule has 1 aromatic rings. The van der Waals surface area contributed by atoms with Gasteiger partial charge in [-0.1, -0.05) is 0 Å². The van der Waals surface area contributed by atoms with Crippen molar-refractivity contribution >= 4 is 11.8 Å². The Morgan fingerprint density at radius 3 is 2.55 bits per heavy atom. The number of carbonyl (C=O) groups is 2. The molecule has 2 rings (SSSR count). The number of nitrogens with zero attached hydrogens (tertiary/aromatic N) is 4. The summed E-state index contributed by atoms with van der Waals surface area (Å²) >= 11 is 0. The first kappa shape index (κ1) is 16.5. The highest BCUT2D eigenvalue weighted by atomic mass is 16.2. The first-order valence-electron chi connectivity index (χ1n) is 7.51. The number of piperazine rings is 1. The van der Waals surface area contributed by atoms with Crippen LogP contribution >= 0.6 is 0 Å². The van der Waals surface area contributed by atoms with E-state index >= 15 is 0 Å². The summed E-state index contributed by atoms with van der Waals surface area (Å²) < 4.78 is 0. The Balaban J connectivity index is 2.06. The van der Waals surface area contributed by atoms with Crippen molar-refractivity contribution in [3.05, 3.63) is 17.0 Å². The third kappa shape index (κ3) is 3.30. The summed E-state index contributed by atoms with van der Waals surface area (Å²) in [5.41, 5.74) is 2.75. The number of nitrogens with one attached hydrogen (secondary N) is 1. The van der Waals surface area contributed by atoms with E-state index in [0.717, 1.165) is 17.0 Å². The molecule has 0 radical (unpaired) electrons. The monoisotopic (exact) mass is 307 g/mol. The lowest BCUT2D eigenvalue weighted by Gasteiger charge is -2.39. The molecule has 1 unspecified atom stereocenters. The number of likely N-dealkylation sites (N-methyl/N-ethyl adjacent to an activating group) is 2. The lowest BCUT2D eigenvalue weighted by molar-refractivity contribution is -0.141. The molecule has 1 atom stereocenters. The largest absolute Gasteiger partial charge is 0.347 e. The Bertz CT molecular complexity index is 547. The molecular weight excluding hydrogens is 282 g/mol. The second kappa shape index (κ2) is 6.48. The average Bonchev–Trinajstić information content (AvgIpc) is 2.78. The van der Waals surface area contributed by atoms with Gasteiger partial charge >= 0.3 is 0 Å². The quantitative estimate of drug-likeness (QED) is 0.839. The number of aromatic nitrogens is 2. The molecule has 1 aliphatic rings. The molecule has 1 saturated heterocycles. The van der Waals surface area contributed by atoms with Gasteiger partial charge in [0.05, 0.1) is 12.1 Å². The molecule has 1 N–H and O–H groups in total. The zero-order valence-electron chi connectivity index (χ0n) is 14.0. The van der Waals surface area contributed by atoms with Gasteiger partial charge in [-0.2, -0.15) is 5.10 Å². The third-order valence-electron chi connectivity index (χ3n) is 4.34. The second-order valence-corrected chi connectivity index (χ2v) is 6.16. The van der Waals surface area contributed by atoms with Gasteiger partial charge < -0.3 is 9.80 Å². The summed E-state index contributed by atoms with van der Waals surface area (Å²) in [4.78, 5) is 30.2. The van der Waals surface area contributed by atoms with Gasteiger partial charge in [-0.25, -0.2) is 0 Å². The van der Waals surface area contributed by atoms with Crippen LogP contribution in [0.15, 0.2) is 0 Å². The van der Waals surface area contributed by atoms with Crippen molar-refractivity contribution in [1.82, 2.24) is 24.9 Å². The molecule has 0 saturated carbocycles. The van der Waals surface area contributed by atoms with E-state index in [4.69, 9.17) is 0 Å². The van der Waals surface area contributed by atoms with Crippen molar-refractivity contribution in [2.75, 3.05) is 40.8 Å². The number of rotatable bonds is 3. The highest BCUT2D eigenvalue weighted by Gasteiger charge is 2.33. The van der Waals surface area contributed by atoms with Crippen LogP contribution in [0.3, 0.4) is 0 Å². The van der Waals surface area contributed by atoms with Crippen molar-refractivity contribution < 1.29 is 9.59 Å². The average molecular weight is 307 g/mol. The predicted octanol–water partition coefficient (Wildman–Crippen LogP) is -0.200. The Kier molecular flexibility index (Phi) is 4.85. The van der Waals surface area contributed by atoms with Crippen LogP contribution in [0.2, 0.25) is 0 Å². The molecule has 1 aliphatic heterocycles. The summed E-state index contributed by atoms with van der Waals surface area (Å²) in [6.45, 7) is 5.63. The molecule has 122 valence electrons. The minimum atomic E-state index is -0.265. The summed E-state index contributed by atoms with van der Waals surface area (Å²) in [6, 6.07) is -0.265. The van der Waals surface area contributed by atoms with E-state index in [1.165, 1.54) is 0 Å². The minimum Gasteiger partial charge on any atom is -0.347 e. The van der Waals surface area contributed by atoms with Crippen LogP contribution in [0.25, 0.3) is 0 Å². The maximum atomic E-state index is 12.6. The second-order valence-electron chi connectivity index (χ2n) is 6.16. The van der Waals surface area contributed by atoms with Crippen LogP contribution in [-0.2, 0) is 16.0 Å². The number of hydrogen-bond acceptors (Lipinski definition) is 4. The molecule has 1 aromatic heterocycles. The van der Waals surface area contributed by atoms with E-state index < -0.39 is 0 Å². The SMILES string of the molecule is Cc1n[nH]c(C)c1CC(=O)N1CCN(C)C(C(=O)N(C)C)C1. The van der Waals surface area contributed by atoms with Gasteiger partial charge in [0, 0.05) is 45.0 Å². The third-order valence-corrected chi connectivity index (χ3v) is 4.34. The lowest BCUT2D eigenvalue weighted by atomic mass is 10.1. The molecular formula is C15H25N5O2. The van der Waals surface area contributed by atoms with Gasteiger partial charge in [0.1, 0.15) is 6.04 Å². The molecule has 2 amide bonds. The minimum absolute atomic E-state index is 0.0377. The standard InChI is InChI=1S/C15H25N5O2/c1-10-12(11(2)17-16-10)8-14(21)20-7-6-19(5)13(9-20)15(22)18(3)4/h13H,6-9H2,1-5H3,(H,16,17). The zero-order chi connectivity index (χ0) is 16.4. The van der Waals surface area contributed by atoms with Crippen LogP contribution in [0.4, 0.5) is 0 Å². The van der Waals surface area contributed by atoms with Crippen molar-refractivity contribution in [1.29, 1.82) is 0 Å². The van der Waals surface area contributed by atoms with Gasteiger partial charge in [0.25, 0.3) is 0 Å². The van der Waals surface area contributed by atoms with Crippen LogP contribution in [0.1, 0.15) is 17.0 Å². The van der Waals surface area contributed by atoms with Crippen molar-refractivity contribution in [2.45, 2.75) is 26.3 Å². The van der Waals surface area contributed by atoms with Crippen molar-refractivity contribution in [2.24, 2.45) is 0 Å². The van der Waals surface area contributed by atoms with Gasteiger partial charge in [0.2, 0.25) is 11.8 Å². The smallest absolute Gasteiger partial charge is 0.241 e. The highest BCUT2D eigenvalue weighted by molar-refractivity contribution is 5.84. The zero-order valence-corrected chi connectivity index (χ0v) is 14.0. The normalized spacial score (nSPS) is 19.3. The Morgan fingerprint density at radius 2 is 2.00 bits per heavy atom. The number of aryl methyl sites for hydroxylation is 2. The number of hydrogen-bond donors (Lipinski definition) is 1. The molecule has 2 heterocycles. The van der Waals surface area contributed by atoms with Crippen LogP contribution < -0.4 is 0 Å². The summed E-state index contributed by atoms with van der Waals surface area (Å²) in [5.74, 6) is 0.0907. The van der Waals surface area contributed by atoms with Gasteiger partial charge in [0.15, 0.2) is 0 Å². The predicted molar refractivity (Wildman–Crippen MR) is 83.5 cm³/mol. The van der Waals surface area contributed by atoms with Gasteiger partial charge in [-0.05, 0) is 20.9 Å². The highest BCUT2D eigenvalue weighted by Crippen LogP contribution is 2.15. The van der Waals surface area contributed by atoms with E-state index in [1.807, 2.05) is 25.8 Å². The molecule has 1 fully saturated rings. The fourth-order valence-corrected chi connectivity index (χ4v) is 2.76. The van der Waals surface area contributed by atoms with Crippen LogP contribution in [-0.4, -0.2) is 83.5 Å². The maximum absolute atomic E-state index is 12.6. The Morgan fingerprint density at radius 1 is 1.32 bits per heavy atom. The van der Waals surface area contributed by atoms with E-state index in [-0.39, 0.29) is 17.9 Å². The molecule has 0 bridgehead atoms. The first-order chi connectivity index (χ1) is 10.3. The topological polar surface area (TPSA) is 72.5 Å². The number of amides is 2. The van der Waals surface area contributed by atoms with Crippen molar-refractivity contribution in [3.8, 4) is 0 Å². The molecule has 0 spiro atoms. The summed E-state index contributed by atoms with van der Waals surface area (Å²) in [7, 11) is 5.42. The molecule has 0 aliphatic carbocycles. The molecule has 0 aromatic carbocycles. The lowest BCUT2D eigenvalue weighted by Crippen LogP contribution is -2.58. The Labute approximate surface area is 131 Å². The van der Waals surface area contributed by atoms with Gasteiger partial charge in [-0.3, -0.25) is 19.6 Å². The number of aromatic amines is 1. The first-order valence-corrected chi connectivity index (χ1v) is 7.51. The summed E-state index contributed by atoms with van der Waals surface area (Å²) in [5, 5.41) is 7.03. The van der Waals surface area contributed by atoms with E-state index in [1.54, 1.807) is 23.9 Å². The van der Waals surface area contributed by atoms with E-state index in [9.17, 15) is 9.59 Å². The van der Waals surface area contributed by atoms with E-state index in [2.05, 4.69) is 10.2 Å². The maximum Gasteiger partial charge on any atom is 0.241 e. The Hall–Kier alpha value is -1.89. The van der Waals surface area contributed by atoms with Gasteiger partial charge in [-0.15, -0.1) is 0 Å². The number of H-pyrrole nitrogens is 1.